The average molecular weight is 431 g/mol. The molecule has 0 radical (unpaired) electrons. The second-order valence-electron chi connectivity index (χ2n) is 6.30. The van der Waals surface area contributed by atoms with Gasteiger partial charge in [-0.05, 0) is 42.8 Å². The predicted octanol–water partition coefficient (Wildman–Crippen LogP) is 5.34. The highest BCUT2D eigenvalue weighted by Crippen LogP contribution is 2.27. The van der Waals surface area contributed by atoms with Crippen molar-refractivity contribution in [2.45, 2.75) is 26.7 Å². The number of nitrogens with one attached hydrogen (secondary N) is 2. The summed E-state index contributed by atoms with van der Waals surface area (Å²) in [4.78, 5) is 24.5. The zero-order chi connectivity index (χ0) is 21.0. The number of hydrogen-bond donors (Lipinski definition) is 2. The first-order valence-corrected chi connectivity index (χ1v) is 9.92. The van der Waals surface area contributed by atoms with Gasteiger partial charge in [-0.1, -0.05) is 43.1 Å². The molecule has 1 aromatic heterocycles. The number of aromatic nitrogens is 2. The third kappa shape index (κ3) is 4.78. The molecule has 3 aromatic rings. The van der Waals surface area contributed by atoms with E-state index in [4.69, 9.17) is 23.2 Å². The first kappa shape index (κ1) is 20.9. The molecule has 0 spiro atoms. The Kier molecular flexibility index (Phi) is 6.56. The van der Waals surface area contributed by atoms with Crippen molar-refractivity contribution < 1.29 is 9.59 Å². The lowest BCUT2D eigenvalue weighted by molar-refractivity contribution is -0.115. The molecule has 0 unspecified atom stereocenters. The number of halogens is 2. The van der Waals surface area contributed by atoms with E-state index in [0.29, 0.717) is 39.8 Å². The van der Waals surface area contributed by atoms with Gasteiger partial charge in [-0.15, -0.1) is 0 Å². The van der Waals surface area contributed by atoms with E-state index in [0.717, 1.165) is 11.4 Å². The Labute approximate surface area is 178 Å². The summed E-state index contributed by atoms with van der Waals surface area (Å²) in [6.45, 7) is 3.71. The second kappa shape index (κ2) is 9.11. The van der Waals surface area contributed by atoms with Crippen LogP contribution >= 0.6 is 23.2 Å². The standard InChI is InChI=1S/C21H20Cl2N4O2/c1-3-19-16(12-24-27(19)15-7-5-6-13(22)10-15)21(29)26-18-11-14(8-9-17(18)23)25-20(28)4-2/h5-12H,3-4H2,1-2H3,(H,25,28)(H,26,29). The van der Waals surface area contributed by atoms with Crippen LogP contribution in [0.15, 0.2) is 48.7 Å². The number of nitrogens with zero attached hydrogens (tertiary/aromatic N) is 2. The first-order valence-electron chi connectivity index (χ1n) is 9.16. The molecule has 0 aliphatic heterocycles. The van der Waals surface area contributed by atoms with E-state index < -0.39 is 0 Å². The molecule has 6 nitrogen and oxygen atoms in total. The molecule has 150 valence electrons. The van der Waals surface area contributed by atoms with E-state index in [1.54, 1.807) is 41.9 Å². The SMILES string of the molecule is CCC(=O)Nc1ccc(Cl)c(NC(=O)c2cnn(-c3cccc(Cl)c3)c2CC)c1. The van der Waals surface area contributed by atoms with Crippen LogP contribution in [0.1, 0.15) is 36.3 Å². The van der Waals surface area contributed by atoms with Gasteiger partial charge >= 0.3 is 0 Å². The van der Waals surface area contributed by atoms with Gasteiger partial charge in [-0.3, -0.25) is 9.59 Å². The van der Waals surface area contributed by atoms with Crippen LogP contribution in [-0.2, 0) is 11.2 Å². The zero-order valence-electron chi connectivity index (χ0n) is 16.0. The fourth-order valence-electron chi connectivity index (χ4n) is 2.87. The molecule has 0 fully saturated rings. The van der Waals surface area contributed by atoms with Crippen molar-refractivity contribution >= 4 is 46.4 Å². The number of carbonyl (C=O) groups is 2. The lowest BCUT2D eigenvalue weighted by Gasteiger charge is -2.11. The van der Waals surface area contributed by atoms with Crippen LogP contribution in [0.25, 0.3) is 5.69 Å². The summed E-state index contributed by atoms with van der Waals surface area (Å²) in [6, 6.07) is 12.2. The Hall–Kier alpha value is -2.83. The molecule has 0 atom stereocenters. The average Bonchev–Trinajstić information content (AvgIpc) is 3.14. The summed E-state index contributed by atoms with van der Waals surface area (Å²) in [5.41, 5.74) is 2.92. The highest BCUT2D eigenvalue weighted by Gasteiger charge is 2.18. The topological polar surface area (TPSA) is 76.0 Å². The highest BCUT2D eigenvalue weighted by molar-refractivity contribution is 6.34. The van der Waals surface area contributed by atoms with Crippen molar-refractivity contribution in [2.24, 2.45) is 0 Å². The Balaban J connectivity index is 1.88. The Morgan fingerprint density at radius 1 is 1.07 bits per heavy atom. The minimum atomic E-state index is -0.337. The van der Waals surface area contributed by atoms with Gasteiger partial charge in [-0.25, -0.2) is 4.68 Å². The predicted molar refractivity (Wildman–Crippen MR) is 116 cm³/mol. The molecular weight excluding hydrogens is 411 g/mol. The normalized spacial score (nSPS) is 10.6. The van der Waals surface area contributed by atoms with Gasteiger partial charge in [0.2, 0.25) is 5.91 Å². The Morgan fingerprint density at radius 2 is 1.86 bits per heavy atom. The fourth-order valence-corrected chi connectivity index (χ4v) is 3.22. The third-order valence-corrected chi connectivity index (χ3v) is 4.89. The van der Waals surface area contributed by atoms with Gasteiger partial charge in [0.25, 0.3) is 5.91 Å². The molecule has 1 heterocycles. The van der Waals surface area contributed by atoms with E-state index in [9.17, 15) is 9.59 Å². The molecule has 0 saturated heterocycles. The summed E-state index contributed by atoms with van der Waals surface area (Å²) in [5.74, 6) is -0.461. The van der Waals surface area contributed by atoms with Gasteiger partial charge in [0, 0.05) is 17.1 Å². The molecular formula is C21H20Cl2N4O2. The molecule has 3 rings (SSSR count). The molecule has 0 aliphatic rings. The first-order chi connectivity index (χ1) is 13.9. The van der Waals surface area contributed by atoms with Crippen LogP contribution in [0, 0.1) is 0 Å². The van der Waals surface area contributed by atoms with Crippen LogP contribution in [0.3, 0.4) is 0 Å². The summed E-state index contributed by atoms with van der Waals surface area (Å²) < 4.78 is 1.69. The summed E-state index contributed by atoms with van der Waals surface area (Å²) in [7, 11) is 0. The smallest absolute Gasteiger partial charge is 0.259 e. The number of anilines is 2. The minimum Gasteiger partial charge on any atom is -0.326 e. The van der Waals surface area contributed by atoms with Crippen molar-refractivity contribution in [2.75, 3.05) is 10.6 Å². The number of benzene rings is 2. The van der Waals surface area contributed by atoms with E-state index in [1.807, 2.05) is 19.1 Å². The third-order valence-electron chi connectivity index (χ3n) is 4.32. The maximum Gasteiger partial charge on any atom is 0.259 e. The number of hydrogen-bond acceptors (Lipinski definition) is 3. The van der Waals surface area contributed by atoms with Crippen LogP contribution in [0.5, 0.6) is 0 Å². The van der Waals surface area contributed by atoms with Gasteiger partial charge < -0.3 is 10.6 Å². The lowest BCUT2D eigenvalue weighted by atomic mass is 10.1. The van der Waals surface area contributed by atoms with Crippen molar-refractivity contribution in [3.63, 3.8) is 0 Å². The van der Waals surface area contributed by atoms with Crippen LogP contribution in [0.2, 0.25) is 10.0 Å². The second-order valence-corrected chi connectivity index (χ2v) is 7.14. The highest BCUT2D eigenvalue weighted by atomic mass is 35.5. The van der Waals surface area contributed by atoms with Crippen LogP contribution in [0.4, 0.5) is 11.4 Å². The Morgan fingerprint density at radius 3 is 2.55 bits per heavy atom. The number of amides is 2. The summed E-state index contributed by atoms with van der Waals surface area (Å²) in [5, 5.41) is 10.9. The molecule has 0 saturated carbocycles. The van der Waals surface area contributed by atoms with E-state index in [-0.39, 0.29) is 11.8 Å². The van der Waals surface area contributed by atoms with Crippen LogP contribution < -0.4 is 10.6 Å². The maximum absolute atomic E-state index is 12.9. The van der Waals surface area contributed by atoms with E-state index in [2.05, 4.69) is 15.7 Å². The van der Waals surface area contributed by atoms with Gasteiger partial charge in [0.05, 0.1) is 33.9 Å². The molecule has 2 amide bonds. The van der Waals surface area contributed by atoms with E-state index >= 15 is 0 Å². The zero-order valence-corrected chi connectivity index (χ0v) is 17.5. The monoisotopic (exact) mass is 430 g/mol. The molecule has 0 aliphatic carbocycles. The quantitative estimate of drug-likeness (QED) is 0.553. The number of carbonyl (C=O) groups excluding carboxylic acids is 2. The van der Waals surface area contributed by atoms with Gasteiger partial charge in [-0.2, -0.15) is 5.10 Å². The largest absolute Gasteiger partial charge is 0.326 e. The van der Waals surface area contributed by atoms with Gasteiger partial charge in [0.15, 0.2) is 0 Å². The van der Waals surface area contributed by atoms with Crippen molar-refractivity contribution in [3.05, 3.63) is 70.0 Å². The lowest BCUT2D eigenvalue weighted by Crippen LogP contribution is -2.15. The fraction of sp³-hybridized carbons (Fsp3) is 0.190. The molecule has 8 heteroatoms. The van der Waals surface area contributed by atoms with E-state index in [1.165, 1.54) is 6.20 Å². The van der Waals surface area contributed by atoms with Crippen LogP contribution in [-0.4, -0.2) is 21.6 Å². The summed E-state index contributed by atoms with van der Waals surface area (Å²) >= 11 is 12.3. The van der Waals surface area contributed by atoms with Crippen molar-refractivity contribution in [3.8, 4) is 5.69 Å². The molecule has 2 aromatic carbocycles. The van der Waals surface area contributed by atoms with Gasteiger partial charge in [0.1, 0.15) is 0 Å². The maximum atomic E-state index is 12.9. The van der Waals surface area contributed by atoms with Crippen molar-refractivity contribution in [1.82, 2.24) is 9.78 Å². The molecule has 2 N–H and O–H groups in total. The number of rotatable bonds is 6. The molecule has 0 bridgehead atoms. The molecule has 29 heavy (non-hydrogen) atoms. The van der Waals surface area contributed by atoms with Crippen molar-refractivity contribution in [1.29, 1.82) is 0 Å². The Bertz CT molecular complexity index is 1060. The minimum absolute atomic E-state index is 0.124. The summed E-state index contributed by atoms with van der Waals surface area (Å²) in [6.07, 6.45) is 2.47.